The molecule has 2 aliphatic rings. The number of hydrogen-bond acceptors (Lipinski definition) is 3. The number of carbonyl (C=O) groups is 2. The Balaban J connectivity index is 0.00000176. The summed E-state index contributed by atoms with van der Waals surface area (Å²) in [6.07, 6.45) is 2.73. The van der Waals surface area contributed by atoms with Crippen molar-refractivity contribution in [1.29, 1.82) is 0 Å². The fourth-order valence-electron chi connectivity index (χ4n) is 3.03. The highest BCUT2D eigenvalue weighted by Crippen LogP contribution is 2.27. The molecule has 0 saturated carbocycles. The normalized spacial score (nSPS) is 23.2. The second-order valence-corrected chi connectivity index (χ2v) is 5.84. The van der Waals surface area contributed by atoms with E-state index in [9.17, 15) is 9.59 Å². The van der Waals surface area contributed by atoms with Crippen molar-refractivity contribution >= 4 is 29.9 Å². The van der Waals surface area contributed by atoms with Gasteiger partial charge in [0.2, 0.25) is 11.8 Å². The Kier molecular flexibility index (Phi) is 5.80. The van der Waals surface area contributed by atoms with Crippen molar-refractivity contribution in [2.45, 2.75) is 31.7 Å². The molecule has 2 atom stereocenters. The van der Waals surface area contributed by atoms with E-state index in [4.69, 9.17) is 0 Å². The van der Waals surface area contributed by atoms with Crippen LogP contribution in [0, 0.1) is 5.92 Å². The van der Waals surface area contributed by atoms with Crippen LogP contribution in [0.25, 0.3) is 0 Å². The Bertz CT molecular complexity index is 544. The van der Waals surface area contributed by atoms with E-state index in [1.54, 1.807) is 0 Å². The Labute approximate surface area is 136 Å². The number of para-hydroxylation sites is 1. The number of hydrogen-bond donors (Lipinski definition) is 3. The monoisotopic (exact) mass is 323 g/mol. The summed E-state index contributed by atoms with van der Waals surface area (Å²) < 4.78 is 0. The topological polar surface area (TPSA) is 70.2 Å². The summed E-state index contributed by atoms with van der Waals surface area (Å²) >= 11 is 0. The van der Waals surface area contributed by atoms with Crippen LogP contribution >= 0.6 is 12.4 Å². The van der Waals surface area contributed by atoms with Crippen molar-refractivity contribution in [3.05, 3.63) is 29.8 Å². The Morgan fingerprint density at radius 2 is 2.14 bits per heavy atom. The molecule has 2 amide bonds. The third-order valence-corrected chi connectivity index (χ3v) is 4.26. The number of carbonyl (C=O) groups excluding carboxylic acids is 2. The number of benzene rings is 1. The van der Waals surface area contributed by atoms with E-state index in [2.05, 4.69) is 16.0 Å². The highest BCUT2D eigenvalue weighted by Gasteiger charge is 2.26. The molecular weight excluding hydrogens is 302 g/mol. The van der Waals surface area contributed by atoms with Crippen LogP contribution in [0.15, 0.2) is 24.3 Å². The largest absolute Gasteiger partial charge is 0.352 e. The predicted octanol–water partition coefficient (Wildman–Crippen LogP) is 1.48. The third kappa shape index (κ3) is 3.99. The molecule has 0 radical (unpaired) electrons. The average molecular weight is 324 g/mol. The molecule has 2 unspecified atom stereocenters. The van der Waals surface area contributed by atoms with Crippen molar-refractivity contribution in [2.24, 2.45) is 5.92 Å². The summed E-state index contributed by atoms with van der Waals surface area (Å²) in [4.78, 5) is 24.0. The van der Waals surface area contributed by atoms with E-state index in [0.29, 0.717) is 12.8 Å². The highest BCUT2D eigenvalue weighted by molar-refractivity contribution is 5.96. The number of rotatable bonds is 4. The molecule has 22 heavy (non-hydrogen) atoms. The van der Waals surface area contributed by atoms with Crippen LogP contribution < -0.4 is 16.0 Å². The van der Waals surface area contributed by atoms with E-state index < -0.39 is 0 Å². The molecule has 1 fully saturated rings. The SMILES string of the molecule is Cl.O=C(CCC1Cc2ccccc2NC1=O)NC1CCNC1. The first kappa shape index (κ1) is 16.8. The van der Waals surface area contributed by atoms with Crippen LogP contribution in [0.3, 0.4) is 0 Å². The minimum absolute atomic E-state index is 0. The van der Waals surface area contributed by atoms with Gasteiger partial charge in [-0.25, -0.2) is 0 Å². The minimum atomic E-state index is -0.104. The number of anilines is 1. The molecule has 120 valence electrons. The van der Waals surface area contributed by atoms with Gasteiger partial charge in [0.15, 0.2) is 0 Å². The van der Waals surface area contributed by atoms with Crippen molar-refractivity contribution in [1.82, 2.24) is 10.6 Å². The van der Waals surface area contributed by atoms with Crippen LogP contribution in [0.4, 0.5) is 5.69 Å². The average Bonchev–Trinajstić information content (AvgIpc) is 2.98. The van der Waals surface area contributed by atoms with Crippen LogP contribution in [0.5, 0.6) is 0 Å². The highest BCUT2D eigenvalue weighted by atomic mass is 35.5. The second kappa shape index (κ2) is 7.61. The summed E-state index contributed by atoms with van der Waals surface area (Å²) in [6.45, 7) is 1.82. The third-order valence-electron chi connectivity index (χ3n) is 4.26. The summed E-state index contributed by atoms with van der Waals surface area (Å²) in [5, 5.41) is 9.17. The molecule has 3 N–H and O–H groups in total. The van der Waals surface area contributed by atoms with Crippen molar-refractivity contribution in [3.8, 4) is 0 Å². The summed E-state index contributed by atoms with van der Waals surface area (Å²) in [5.74, 6) is -0.0215. The summed E-state index contributed by atoms with van der Waals surface area (Å²) in [6, 6.07) is 8.10. The summed E-state index contributed by atoms with van der Waals surface area (Å²) in [5.41, 5.74) is 2.06. The minimum Gasteiger partial charge on any atom is -0.352 e. The number of amides is 2. The maximum Gasteiger partial charge on any atom is 0.227 e. The molecule has 0 aliphatic carbocycles. The first-order valence-electron chi connectivity index (χ1n) is 7.61. The van der Waals surface area contributed by atoms with Crippen LogP contribution in [-0.2, 0) is 16.0 Å². The Hall–Kier alpha value is -1.59. The van der Waals surface area contributed by atoms with E-state index in [0.717, 1.165) is 37.2 Å². The fraction of sp³-hybridized carbons (Fsp3) is 0.500. The first-order valence-corrected chi connectivity index (χ1v) is 7.61. The van der Waals surface area contributed by atoms with Crippen molar-refractivity contribution in [2.75, 3.05) is 18.4 Å². The van der Waals surface area contributed by atoms with E-state index in [-0.39, 0.29) is 36.2 Å². The zero-order valence-corrected chi connectivity index (χ0v) is 13.2. The lowest BCUT2D eigenvalue weighted by atomic mass is 9.89. The quantitative estimate of drug-likeness (QED) is 0.786. The maximum atomic E-state index is 12.1. The molecule has 0 aromatic heterocycles. The van der Waals surface area contributed by atoms with Gasteiger partial charge in [0.05, 0.1) is 0 Å². The van der Waals surface area contributed by atoms with Gasteiger partial charge in [-0.05, 0) is 37.4 Å². The smallest absolute Gasteiger partial charge is 0.227 e. The standard InChI is InChI=1S/C16H21N3O2.ClH/c20-15(18-13-7-8-17-10-13)6-5-12-9-11-3-1-2-4-14(11)19-16(12)21;/h1-4,12-13,17H,5-10H2,(H,18,20)(H,19,21);1H. The maximum absolute atomic E-state index is 12.1. The van der Waals surface area contributed by atoms with Gasteiger partial charge in [-0.1, -0.05) is 18.2 Å². The number of nitrogens with one attached hydrogen (secondary N) is 3. The van der Waals surface area contributed by atoms with Crippen LogP contribution in [0.2, 0.25) is 0 Å². The van der Waals surface area contributed by atoms with Gasteiger partial charge in [-0.3, -0.25) is 9.59 Å². The molecule has 5 nitrogen and oxygen atoms in total. The summed E-state index contributed by atoms with van der Waals surface area (Å²) in [7, 11) is 0. The zero-order chi connectivity index (χ0) is 14.7. The van der Waals surface area contributed by atoms with E-state index in [1.807, 2.05) is 24.3 Å². The molecule has 1 aromatic carbocycles. The zero-order valence-electron chi connectivity index (χ0n) is 12.4. The second-order valence-electron chi connectivity index (χ2n) is 5.84. The number of halogens is 1. The Morgan fingerprint density at radius 1 is 1.32 bits per heavy atom. The van der Waals surface area contributed by atoms with Crippen LogP contribution in [0.1, 0.15) is 24.8 Å². The van der Waals surface area contributed by atoms with Crippen LogP contribution in [-0.4, -0.2) is 30.9 Å². The molecule has 6 heteroatoms. The number of fused-ring (bicyclic) bond motifs is 1. The van der Waals surface area contributed by atoms with Gasteiger partial charge in [-0.2, -0.15) is 0 Å². The molecular formula is C16H22ClN3O2. The Morgan fingerprint density at radius 3 is 2.91 bits per heavy atom. The molecule has 3 rings (SSSR count). The lowest BCUT2D eigenvalue weighted by Crippen LogP contribution is -2.37. The van der Waals surface area contributed by atoms with Crippen molar-refractivity contribution < 1.29 is 9.59 Å². The van der Waals surface area contributed by atoms with Gasteiger partial charge in [0.25, 0.3) is 0 Å². The van der Waals surface area contributed by atoms with Gasteiger partial charge < -0.3 is 16.0 Å². The molecule has 1 aromatic rings. The van der Waals surface area contributed by atoms with Gasteiger partial charge in [0, 0.05) is 30.6 Å². The van der Waals surface area contributed by atoms with E-state index >= 15 is 0 Å². The molecule has 0 bridgehead atoms. The van der Waals surface area contributed by atoms with E-state index in [1.165, 1.54) is 0 Å². The lowest BCUT2D eigenvalue weighted by molar-refractivity contribution is -0.123. The first-order chi connectivity index (χ1) is 10.2. The van der Waals surface area contributed by atoms with Crippen molar-refractivity contribution in [3.63, 3.8) is 0 Å². The lowest BCUT2D eigenvalue weighted by Gasteiger charge is -2.24. The van der Waals surface area contributed by atoms with Gasteiger partial charge in [-0.15, -0.1) is 12.4 Å². The van der Waals surface area contributed by atoms with Gasteiger partial charge in [0.1, 0.15) is 0 Å². The molecule has 0 spiro atoms. The fourth-order valence-corrected chi connectivity index (χ4v) is 3.03. The molecule has 1 saturated heterocycles. The predicted molar refractivity (Wildman–Crippen MR) is 88.2 cm³/mol. The van der Waals surface area contributed by atoms with Gasteiger partial charge >= 0.3 is 0 Å². The molecule has 2 aliphatic heterocycles. The molecule has 2 heterocycles.